The molecule has 0 aromatic carbocycles. The van der Waals surface area contributed by atoms with Gasteiger partial charge in [0.15, 0.2) is 0 Å². The average Bonchev–Trinajstić information content (AvgIpc) is 2.73. The lowest BCUT2D eigenvalue weighted by Gasteiger charge is -2.32. The second-order valence-electron chi connectivity index (χ2n) is 4.81. The molecule has 0 atom stereocenters. The molecular weight excluding hydrogens is 220 g/mol. The minimum Gasteiger partial charge on any atom is -0.348 e. The fraction of sp³-hybridized carbons (Fsp3) is 0.583. The molecule has 0 unspecified atom stereocenters. The van der Waals surface area contributed by atoms with E-state index in [1.807, 2.05) is 0 Å². The van der Waals surface area contributed by atoms with Crippen LogP contribution in [0.15, 0.2) is 6.07 Å². The predicted molar refractivity (Wildman–Crippen MR) is 64.8 cm³/mol. The first-order valence-electron chi connectivity index (χ1n) is 5.90. The standard InChI is InChI=1S/C12H16N2OS/c13-8-5-9(6-8)14-12(15)11-4-7-2-1-3-10(7)16-11/h4,8-9H,1-3,5-6,13H2,(H,14,15). The van der Waals surface area contributed by atoms with E-state index in [1.165, 1.54) is 16.9 Å². The second kappa shape index (κ2) is 3.86. The molecule has 1 heterocycles. The molecule has 2 aliphatic rings. The molecule has 0 saturated heterocycles. The molecule has 4 heteroatoms. The van der Waals surface area contributed by atoms with Crippen molar-refractivity contribution in [3.63, 3.8) is 0 Å². The quantitative estimate of drug-likeness (QED) is 0.816. The highest BCUT2D eigenvalue weighted by atomic mass is 32.1. The Morgan fingerprint density at radius 3 is 2.94 bits per heavy atom. The molecule has 86 valence electrons. The van der Waals surface area contributed by atoms with Crippen molar-refractivity contribution >= 4 is 17.2 Å². The highest BCUT2D eigenvalue weighted by Crippen LogP contribution is 2.30. The number of hydrogen-bond donors (Lipinski definition) is 2. The third-order valence-corrected chi connectivity index (χ3v) is 4.72. The maximum absolute atomic E-state index is 11.9. The van der Waals surface area contributed by atoms with Crippen molar-refractivity contribution in [1.29, 1.82) is 0 Å². The molecule has 3 N–H and O–H groups in total. The fourth-order valence-electron chi connectivity index (χ4n) is 2.48. The topological polar surface area (TPSA) is 55.1 Å². The van der Waals surface area contributed by atoms with Gasteiger partial charge >= 0.3 is 0 Å². The Hall–Kier alpha value is -0.870. The molecule has 1 saturated carbocycles. The molecule has 0 spiro atoms. The summed E-state index contributed by atoms with van der Waals surface area (Å²) in [4.78, 5) is 14.2. The molecule has 1 amide bonds. The van der Waals surface area contributed by atoms with Gasteiger partial charge in [-0.3, -0.25) is 4.79 Å². The number of carbonyl (C=O) groups is 1. The van der Waals surface area contributed by atoms with E-state index in [-0.39, 0.29) is 5.91 Å². The van der Waals surface area contributed by atoms with Crippen LogP contribution in [0.25, 0.3) is 0 Å². The molecule has 0 aliphatic heterocycles. The van der Waals surface area contributed by atoms with Gasteiger partial charge in [0.1, 0.15) is 0 Å². The first-order valence-corrected chi connectivity index (χ1v) is 6.72. The second-order valence-corrected chi connectivity index (χ2v) is 5.95. The third-order valence-electron chi connectivity index (χ3n) is 3.48. The molecule has 1 fully saturated rings. The number of rotatable bonds is 2. The van der Waals surface area contributed by atoms with E-state index in [0.717, 1.165) is 30.6 Å². The van der Waals surface area contributed by atoms with Crippen LogP contribution in [0.5, 0.6) is 0 Å². The molecule has 3 rings (SSSR count). The van der Waals surface area contributed by atoms with Crippen LogP contribution < -0.4 is 11.1 Å². The average molecular weight is 236 g/mol. The molecule has 3 nitrogen and oxygen atoms in total. The lowest BCUT2D eigenvalue weighted by Crippen LogP contribution is -2.50. The van der Waals surface area contributed by atoms with Gasteiger partial charge in [0.2, 0.25) is 0 Å². The van der Waals surface area contributed by atoms with Gasteiger partial charge in [0.05, 0.1) is 4.88 Å². The smallest absolute Gasteiger partial charge is 0.261 e. The SMILES string of the molecule is NC1CC(NC(=O)c2cc3c(s2)CCC3)C1. The number of nitrogens with one attached hydrogen (secondary N) is 1. The molecule has 16 heavy (non-hydrogen) atoms. The lowest BCUT2D eigenvalue weighted by molar-refractivity contribution is 0.0914. The molecule has 2 aliphatic carbocycles. The summed E-state index contributed by atoms with van der Waals surface area (Å²) >= 11 is 1.66. The maximum atomic E-state index is 11.9. The highest BCUT2D eigenvalue weighted by molar-refractivity contribution is 7.14. The predicted octanol–water partition coefficient (Wildman–Crippen LogP) is 1.46. The number of nitrogens with two attached hydrogens (primary N) is 1. The van der Waals surface area contributed by atoms with Crippen LogP contribution in [0.3, 0.4) is 0 Å². The molecule has 0 bridgehead atoms. The van der Waals surface area contributed by atoms with E-state index in [9.17, 15) is 4.79 Å². The summed E-state index contributed by atoms with van der Waals surface area (Å²) in [6.45, 7) is 0. The van der Waals surface area contributed by atoms with Crippen molar-refractivity contribution in [2.75, 3.05) is 0 Å². The Morgan fingerprint density at radius 1 is 1.44 bits per heavy atom. The number of fused-ring (bicyclic) bond motifs is 1. The Morgan fingerprint density at radius 2 is 2.25 bits per heavy atom. The summed E-state index contributed by atoms with van der Waals surface area (Å²) < 4.78 is 0. The lowest BCUT2D eigenvalue weighted by atomic mass is 9.87. The van der Waals surface area contributed by atoms with Gasteiger partial charge in [-0.25, -0.2) is 0 Å². The highest BCUT2D eigenvalue weighted by Gasteiger charge is 2.28. The van der Waals surface area contributed by atoms with Crippen LogP contribution in [0.1, 0.15) is 39.4 Å². The van der Waals surface area contributed by atoms with Crippen molar-refractivity contribution in [2.24, 2.45) is 5.73 Å². The number of aryl methyl sites for hydroxylation is 2. The van der Waals surface area contributed by atoms with Gasteiger partial charge in [-0.1, -0.05) is 0 Å². The molecule has 0 radical (unpaired) electrons. The summed E-state index contributed by atoms with van der Waals surface area (Å²) in [5.41, 5.74) is 7.08. The van der Waals surface area contributed by atoms with Crippen molar-refractivity contribution in [1.82, 2.24) is 5.32 Å². The summed E-state index contributed by atoms with van der Waals surface area (Å²) in [5, 5.41) is 3.04. The Balaban J connectivity index is 1.65. The van der Waals surface area contributed by atoms with Crippen LogP contribution >= 0.6 is 11.3 Å². The normalized spacial score (nSPS) is 27.3. The molecule has 1 aromatic heterocycles. The first-order chi connectivity index (χ1) is 7.72. The summed E-state index contributed by atoms with van der Waals surface area (Å²) in [6.07, 6.45) is 5.41. The van der Waals surface area contributed by atoms with Gasteiger partial charge in [0.25, 0.3) is 5.91 Å². The van der Waals surface area contributed by atoms with Crippen LogP contribution in [0.4, 0.5) is 0 Å². The van der Waals surface area contributed by atoms with Crippen molar-refractivity contribution in [2.45, 2.75) is 44.2 Å². The van der Waals surface area contributed by atoms with Gasteiger partial charge in [0, 0.05) is 17.0 Å². The Bertz CT molecular complexity index is 399. The molecule has 1 aromatic rings. The van der Waals surface area contributed by atoms with E-state index in [2.05, 4.69) is 11.4 Å². The third kappa shape index (κ3) is 1.76. The largest absolute Gasteiger partial charge is 0.348 e. The van der Waals surface area contributed by atoms with Crippen LogP contribution in [0.2, 0.25) is 0 Å². The zero-order chi connectivity index (χ0) is 11.1. The molecular formula is C12H16N2OS. The Labute approximate surface area is 99.0 Å². The summed E-state index contributed by atoms with van der Waals surface area (Å²) in [7, 11) is 0. The van der Waals surface area contributed by atoms with Crippen LogP contribution in [-0.4, -0.2) is 18.0 Å². The maximum Gasteiger partial charge on any atom is 0.261 e. The van der Waals surface area contributed by atoms with E-state index in [1.54, 1.807) is 11.3 Å². The zero-order valence-electron chi connectivity index (χ0n) is 9.16. The summed E-state index contributed by atoms with van der Waals surface area (Å²) in [5.74, 6) is 0.0938. The van der Waals surface area contributed by atoms with Gasteiger partial charge < -0.3 is 11.1 Å². The van der Waals surface area contributed by atoms with Gasteiger partial charge in [-0.05, 0) is 43.7 Å². The van der Waals surface area contributed by atoms with E-state index < -0.39 is 0 Å². The number of hydrogen-bond acceptors (Lipinski definition) is 3. The Kier molecular flexibility index (Phi) is 2.48. The van der Waals surface area contributed by atoms with E-state index in [0.29, 0.717) is 12.1 Å². The summed E-state index contributed by atoms with van der Waals surface area (Å²) in [6, 6.07) is 2.67. The zero-order valence-corrected chi connectivity index (χ0v) is 9.98. The number of amides is 1. The number of carbonyl (C=O) groups excluding carboxylic acids is 1. The fourth-order valence-corrected chi connectivity index (χ4v) is 3.63. The first kappa shape index (κ1) is 10.3. The van der Waals surface area contributed by atoms with Crippen LogP contribution in [0, 0.1) is 0 Å². The van der Waals surface area contributed by atoms with Crippen molar-refractivity contribution in [3.8, 4) is 0 Å². The van der Waals surface area contributed by atoms with E-state index in [4.69, 9.17) is 5.73 Å². The van der Waals surface area contributed by atoms with Crippen molar-refractivity contribution < 1.29 is 4.79 Å². The number of thiophene rings is 1. The van der Waals surface area contributed by atoms with E-state index >= 15 is 0 Å². The minimum atomic E-state index is 0.0938. The van der Waals surface area contributed by atoms with Gasteiger partial charge in [-0.2, -0.15) is 0 Å². The monoisotopic (exact) mass is 236 g/mol. The van der Waals surface area contributed by atoms with Crippen molar-refractivity contribution in [3.05, 3.63) is 21.4 Å². The van der Waals surface area contributed by atoms with Gasteiger partial charge in [-0.15, -0.1) is 11.3 Å². The minimum absolute atomic E-state index is 0.0938. The van der Waals surface area contributed by atoms with Crippen LogP contribution in [-0.2, 0) is 12.8 Å².